The predicted molar refractivity (Wildman–Crippen MR) is 68.3 cm³/mol. The average molecular weight is 257 g/mol. The van der Waals surface area contributed by atoms with Crippen LogP contribution in [0, 0.1) is 11.6 Å². The molecule has 4 heteroatoms. The van der Waals surface area contributed by atoms with Crippen LogP contribution in [0.5, 0.6) is 0 Å². The van der Waals surface area contributed by atoms with Gasteiger partial charge in [-0.25, -0.2) is 8.78 Å². The summed E-state index contributed by atoms with van der Waals surface area (Å²) < 4.78 is 26.4. The molecule has 0 radical (unpaired) electrons. The topological polar surface area (TPSA) is 32.3 Å². The molecule has 0 saturated heterocycles. The predicted octanol–water partition coefficient (Wildman–Crippen LogP) is 2.95. The Bertz CT molecular complexity index is 411. The lowest BCUT2D eigenvalue weighted by atomic mass is 9.91. The Hall–Kier alpha value is -1.00. The Balaban J connectivity index is 2.73. The normalized spacial score (nSPS) is 15.5. The van der Waals surface area contributed by atoms with Crippen molar-refractivity contribution in [2.45, 2.75) is 45.3 Å². The van der Waals surface area contributed by atoms with Crippen molar-refractivity contribution in [3.8, 4) is 0 Å². The van der Waals surface area contributed by atoms with Crippen LogP contribution in [0.15, 0.2) is 18.2 Å². The number of nitrogens with one attached hydrogen (secondary N) is 1. The first kappa shape index (κ1) is 15.1. The van der Waals surface area contributed by atoms with Crippen LogP contribution in [0.4, 0.5) is 8.78 Å². The summed E-state index contributed by atoms with van der Waals surface area (Å²) >= 11 is 0. The fourth-order valence-electron chi connectivity index (χ4n) is 1.74. The Kier molecular flexibility index (Phi) is 4.46. The van der Waals surface area contributed by atoms with Crippen molar-refractivity contribution in [2.75, 3.05) is 6.54 Å². The van der Waals surface area contributed by atoms with Crippen molar-refractivity contribution >= 4 is 0 Å². The van der Waals surface area contributed by atoms with Gasteiger partial charge >= 0.3 is 0 Å². The lowest BCUT2D eigenvalue weighted by Gasteiger charge is -2.27. The SMILES string of the molecule is CC(C)(C)NCCC(C)(O)c1ccc(F)cc1F. The zero-order chi connectivity index (χ0) is 14.0. The molecule has 0 spiro atoms. The summed E-state index contributed by atoms with van der Waals surface area (Å²) in [4.78, 5) is 0. The maximum absolute atomic E-state index is 13.6. The van der Waals surface area contributed by atoms with Gasteiger partial charge in [0, 0.05) is 17.2 Å². The fourth-order valence-corrected chi connectivity index (χ4v) is 1.74. The van der Waals surface area contributed by atoms with E-state index < -0.39 is 17.2 Å². The summed E-state index contributed by atoms with van der Waals surface area (Å²) in [5, 5.41) is 13.5. The van der Waals surface area contributed by atoms with Gasteiger partial charge in [-0.3, -0.25) is 0 Å². The molecule has 0 aliphatic heterocycles. The quantitative estimate of drug-likeness (QED) is 0.869. The zero-order valence-corrected chi connectivity index (χ0v) is 11.3. The molecule has 1 unspecified atom stereocenters. The van der Waals surface area contributed by atoms with Crippen LogP contribution in [-0.2, 0) is 5.60 Å². The van der Waals surface area contributed by atoms with Crippen molar-refractivity contribution in [2.24, 2.45) is 0 Å². The number of hydrogen-bond donors (Lipinski definition) is 2. The van der Waals surface area contributed by atoms with Crippen molar-refractivity contribution in [3.05, 3.63) is 35.4 Å². The summed E-state index contributed by atoms with van der Waals surface area (Å²) in [5.74, 6) is -1.35. The highest BCUT2D eigenvalue weighted by molar-refractivity contribution is 5.24. The molecular weight excluding hydrogens is 236 g/mol. The second-order valence-electron chi connectivity index (χ2n) is 5.82. The minimum absolute atomic E-state index is 0.0581. The molecule has 1 atom stereocenters. The van der Waals surface area contributed by atoms with Crippen LogP contribution in [-0.4, -0.2) is 17.2 Å². The van der Waals surface area contributed by atoms with E-state index in [4.69, 9.17) is 0 Å². The molecule has 0 fully saturated rings. The Labute approximate surface area is 107 Å². The first-order chi connectivity index (χ1) is 8.12. The van der Waals surface area contributed by atoms with Gasteiger partial charge in [-0.2, -0.15) is 0 Å². The molecule has 18 heavy (non-hydrogen) atoms. The maximum Gasteiger partial charge on any atom is 0.132 e. The molecule has 0 aliphatic rings. The van der Waals surface area contributed by atoms with Gasteiger partial charge in [-0.15, -0.1) is 0 Å². The molecule has 0 saturated carbocycles. The average Bonchev–Trinajstić information content (AvgIpc) is 2.13. The van der Waals surface area contributed by atoms with E-state index in [2.05, 4.69) is 5.32 Å². The van der Waals surface area contributed by atoms with Crippen LogP contribution in [0.3, 0.4) is 0 Å². The molecule has 0 aromatic heterocycles. The Morgan fingerprint density at radius 1 is 1.17 bits per heavy atom. The molecule has 0 amide bonds. The summed E-state index contributed by atoms with van der Waals surface area (Å²) in [6.45, 7) is 8.13. The summed E-state index contributed by atoms with van der Waals surface area (Å²) in [6, 6.07) is 3.24. The third-order valence-electron chi connectivity index (χ3n) is 2.78. The van der Waals surface area contributed by atoms with Gasteiger partial charge in [0.05, 0.1) is 5.60 Å². The number of aliphatic hydroxyl groups is 1. The van der Waals surface area contributed by atoms with E-state index in [1.54, 1.807) is 0 Å². The summed E-state index contributed by atoms with van der Waals surface area (Å²) in [7, 11) is 0. The van der Waals surface area contributed by atoms with Gasteiger partial charge in [-0.1, -0.05) is 6.07 Å². The number of halogens is 2. The van der Waals surface area contributed by atoms with Gasteiger partial charge in [0.25, 0.3) is 0 Å². The minimum atomic E-state index is -1.31. The molecule has 102 valence electrons. The number of hydrogen-bond acceptors (Lipinski definition) is 2. The summed E-state index contributed by atoms with van der Waals surface area (Å²) in [6.07, 6.45) is 0.354. The lowest BCUT2D eigenvalue weighted by molar-refractivity contribution is 0.0427. The highest BCUT2D eigenvalue weighted by Gasteiger charge is 2.26. The lowest BCUT2D eigenvalue weighted by Crippen LogP contribution is -2.39. The van der Waals surface area contributed by atoms with Crippen LogP contribution >= 0.6 is 0 Å². The number of rotatable bonds is 4. The van der Waals surface area contributed by atoms with E-state index in [0.717, 1.165) is 12.1 Å². The highest BCUT2D eigenvalue weighted by atomic mass is 19.1. The van der Waals surface area contributed by atoms with E-state index in [1.807, 2.05) is 20.8 Å². The van der Waals surface area contributed by atoms with E-state index in [9.17, 15) is 13.9 Å². The molecule has 1 rings (SSSR count). The molecule has 0 heterocycles. The molecule has 0 aliphatic carbocycles. The highest BCUT2D eigenvalue weighted by Crippen LogP contribution is 2.27. The second kappa shape index (κ2) is 5.33. The van der Waals surface area contributed by atoms with E-state index in [-0.39, 0.29) is 11.1 Å². The van der Waals surface area contributed by atoms with Crippen molar-refractivity contribution < 1.29 is 13.9 Å². The van der Waals surface area contributed by atoms with Gasteiger partial charge in [0.15, 0.2) is 0 Å². The Morgan fingerprint density at radius 3 is 2.28 bits per heavy atom. The second-order valence-corrected chi connectivity index (χ2v) is 5.82. The fraction of sp³-hybridized carbons (Fsp3) is 0.571. The Morgan fingerprint density at radius 2 is 1.78 bits per heavy atom. The van der Waals surface area contributed by atoms with E-state index >= 15 is 0 Å². The van der Waals surface area contributed by atoms with Crippen LogP contribution in [0.25, 0.3) is 0 Å². The van der Waals surface area contributed by atoms with Gasteiger partial charge in [0.1, 0.15) is 11.6 Å². The van der Waals surface area contributed by atoms with Crippen molar-refractivity contribution in [3.63, 3.8) is 0 Å². The third kappa shape index (κ3) is 4.35. The summed E-state index contributed by atoms with van der Waals surface area (Å²) in [5.41, 5.74) is -1.24. The van der Waals surface area contributed by atoms with Crippen molar-refractivity contribution in [1.29, 1.82) is 0 Å². The molecule has 2 nitrogen and oxygen atoms in total. The van der Waals surface area contributed by atoms with Crippen LogP contribution in [0.2, 0.25) is 0 Å². The zero-order valence-electron chi connectivity index (χ0n) is 11.3. The molecule has 1 aromatic rings. The van der Waals surface area contributed by atoms with E-state index in [1.165, 1.54) is 13.0 Å². The van der Waals surface area contributed by atoms with Crippen LogP contribution < -0.4 is 5.32 Å². The molecular formula is C14H21F2NO. The van der Waals surface area contributed by atoms with Gasteiger partial charge < -0.3 is 10.4 Å². The monoisotopic (exact) mass is 257 g/mol. The van der Waals surface area contributed by atoms with Gasteiger partial charge in [-0.05, 0) is 46.7 Å². The molecule has 0 bridgehead atoms. The number of benzene rings is 1. The minimum Gasteiger partial charge on any atom is -0.385 e. The van der Waals surface area contributed by atoms with Crippen LogP contribution in [0.1, 0.15) is 39.7 Å². The maximum atomic E-state index is 13.6. The first-order valence-electron chi connectivity index (χ1n) is 6.05. The largest absolute Gasteiger partial charge is 0.385 e. The standard InChI is InChI=1S/C14H21F2NO/c1-13(2,3)17-8-7-14(4,18)11-6-5-10(15)9-12(11)16/h5-6,9,17-18H,7-8H2,1-4H3. The third-order valence-corrected chi connectivity index (χ3v) is 2.78. The van der Waals surface area contributed by atoms with E-state index in [0.29, 0.717) is 13.0 Å². The van der Waals surface area contributed by atoms with Crippen molar-refractivity contribution in [1.82, 2.24) is 5.32 Å². The van der Waals surface area contributed by atoms with Gasteiger partial charge in [0.2, 0.25) is 0 Å². The molecule has 2 N–H and O–H groups in total. The molecule has 1 aromatic carbocycles. The first-order valence-corrected chi connectivity index (χ1v) is 6.05. The smallest absolute Gasteiger partial charge is 0.132 e.